The Labute approximate surface area is 203 Å². The fourth-order valence-corrected chi connectivity index (χ4v) is 4.55. The number of hydrogen-bond donors (Lipinski definition) is 0. The van der Waals surface area contributed by atoms with Crippen LogP contribution in [0.3, 0.4) is 0 Å². The van der Waals surface area contributed by atoms with Crippen LogP contribution in [0, 0.1) is 0 Å². The zero-order chi connectivity index (χ0) is 23.8. The van der Waals surface area contributed by atoms with Crippen LogP contribution in [0.4, 0.5) is 5.69 Å². The Morgan fingerprint density at radius 2 is 1.94 bits per heavy atom. The van der Waals surface area contributed by atoms with Gasteiger partial charge in [0.25, 0.3) is 5.91 Å². The van der Waals surface area contributed by atoms with Gasteiger partial charge in [-0.1, -0.05) is 55.9 Å². The Morgan fingerprint density at radius 3 is 2.67 bits per heavy atom. The lowest BCUT2D eigenvalue weighted by atomic mass is 10.1. The zero-order valence-corrected chi connectivity index (χ0v) is 20.6. The fraction of sp³-hybridized carbons (Fsp3) is 0.320. The van der Waals surface area contributed by atoms with Gasteiger partial charge in [-0.2, -0.15) is 0 Å². The molecule has 0 atom stereocenters. The van der Waals surface area contributed by atoms with Crippen LogP contribution in [0.5, 0.6) is 11.5 Å². The fourth-order valence-electron chi connectivity index (χ4n) is 3.26. The minimum absolute atomic E-state index is 0.245. The molecule has 2 aromatic carbocycles. The van der Waals surface area contributed by atoms with Crippen LogP contribution in [-0.4, -0.2) is 36.5 Å². The number of methoxy groups -OCH3 is 1. The average Bonchev–Trinajstić information content (AvgIpc) is 3.10. The lowest BCUT2D eigenvalue weighted by Gasteiger charge is -2.15. The molecule has 174 valence electrons. The number of nitrogens with zero attached hydrogens (tertiary/aromatic N) is 1. The molecule has 1 aliphatic rings. The molecular formula is C25H27NO5S2. The zero-order valence-electron chi connectivity index (χ0n) is 19.0. The minimum atomic E-state index is -0.440. The summed E-state index contributed by atoms with van der Waals surface area (Å²) in [6.07, 6.45) is 5.01. The second kappa shape index (κ2) is 11.9. The number of hydrogen-bond acceptors (Lipinski definition) is 7. The topological polar surface area (TPSA) is 65.1 Å². The third kappa shape index (κ3) is 6.15. The van der Waals surface area contributed by atoms with Gasteiger partial charge in [-0.25, -0.2) is 4.79 Å². The molecule has 0 saturated carbocycles. The molecule has 8 heteroatoms. The molecular weight excluding hydrogens is 458 g/mol. The maximum Gasteiger partial charge on any atom is 0.338 e. The van der Waals surface area contributed by atoms with E-state index in [0.717, 1.165) is 24.8 Å². The Hall–Kier alpha value is -2.84. The van der Waals surface area contributed by atoms with E-state index in [9.17, 15) is 9.59 Å². The highest BCUT2D eigenvalue weighted by Gasteiger charge is 2.33. The van der Waals surface area contributed by atoms with Crippen molar-refractivity contribution in [1.29, 1.82) is 0 Å². The Morgan fingerprint density at radius 1 is 1.12 bits per heavy atom. The molecule has 0 radical (unpaired) electrons. The van der Waals surface area contributed by atoms with Crippen molar-refractivity contribution in [3.63, 3.8) is 0 Å². The first kappa shape index (κ1) is 24.8. The average molecular weight is 486 g/mol. The van der Waals surface area contributed by atoms with E-state index in [2.05, 4.69) is 6.92 Å². The van der Waals surface area contributed by atoms with E-state index in [4.69, 9.17) is 26.4 Å². The molecule has 1 fully saturated rings. The molecule has 0 aromatic heterocycles. The third-order valence-corrected chi connectivity index (χ3v) is 6.20. The van der Waals surface area contributed by atoms with Crippen LogP contribution in [0.2, 0.25) is 0 Å². The van der Waals surface area contributed by atoms with Crippen molar-refractivity contribution in [3.8, 4) is 11.5 Å². The van der Waals surface area contributed by atoms with Gasteiger partial charge in [0.1, 0.15) is 0 Å². The van der Waals surface area contributed by atoms with Crippen LogP contribution in [0.1, 0.15) is 49.0 Å². The number of anilines is 1. The predicted molar refractivity (Wildman–Crippen MR) is 136 cm³/mol. The highest BCUT2D eigenvalue weighted by Crippen LogP contribution is 2.37. The summed E-state index contributed by atoms with van der Waals surface area (Å²) in [4.78, 5) is 27.1. The van der Waals surface area contributed by atoms with Gasteiger partial charge < -0.3 is 14.2 Å². The standard InChI is InChI=1S/C25H27NO5S2/c1-4-6-7-13-31-20-12-11-17(14-21(20)29-3)15-22-23(27)26(25(32)33-22)19-10-8-9-18(16-19)24(28)30-5-2/h8-12,14-16H,4-7,13H2,1-3H3/b22-15-. The molecule has 6 nitrogen and oxygen atoms in total. The van der Waals surface area contributed by atoms with E-state index in [0.29, 0.717) is 38.6 Å². The van der Waals surface area contributed by atoms with E-state index in [1.54, 1.807) is 44.4 Å². The van der Waals surface area contributed by atoms with Gasteiger partial charge in [-0.15, -0.1) is 0 Å². The first-order chi connectivity index (χ1) is 16.0. The van der Waals surface area contributed by atoms with Crippen molar-refractivity contribution in [2.75, 3.05) is 25.2 Å². The molecule has 3 rings (SSSR count). The number of unbranched alkanes of at least 4 members (excludes halogenated alkanes) is 2. The van der Waals surface area contributed by atoms with E-state index < -0.39 is 5.97 Å². The summed E-state index contributed by atoms with van der Waals surface area (Å²) in [7, 11) is 1.59. The molecule has 2 aromatic rings. The summed E-state index contributed by atoms with van der Waals surface area (Å²) in [5.41, 5.74) is 1.69. The first-order valence-electron chi connectivity index (χ1n) is 10.8. The summed E-state index contributed by atoms with van der Waals surface area (Å²) < 4.78 is 16.8. The smallest absolute Gasteiger partial charge is 0.338 e. The number of amides is 1. The minimum Gasteiger partial charge on any atom is -0.493 e. The molecule has 0 spiro atoms. The SMILES string of the molecule is CCCCCOc1ccc(/C=C2\SC(=S)N(c3cccc(C(=O)OCC)c3)C2=O)cc1OC. The van der Waals surface area contributed by atoms with Crippen molar-refractivity contribution in [2.45, 2.75) is 33.1 Å². The number of thiocarbonyl (C=S) groups is 1. The van der Waals surface area contributed by atoms with Crippen LogP contribution in [0.15, 0.2) is 47.4 Å². The molecule has 33 heavy (non-hydrogen) atoms. The molecule has 0 unspecified atom stereocenters. The molecule has 1 amide bonds. The summed E-state index contributed by atoms with van der Waals surface area (Å²) in [5.74, 6) is 0.598. The molecule has 1 heterocycles. The number of rotatable bonds is 10. The Bertz CT molecular complexity index is 1070. The van der Waals surface area contributed by atoms with Gasteiger partial charge in [0, 0.05) is 0 Å². The van der Waals surface area contributed by atoms with Gasteiger partial charge in [-0.05, 0) is 55.3 Å². The second-order valence-corrected chi connectivity index (χ2v) is 8.93. The van der Waals surface area contributed by atoms with E-state index >= 15 is 0 Å². The van der Waals surface area contributed by atoms with Gasteiger partial charge >= 0.3 is 5.97 Å². The summed E-state index contributed by atoms with van der Waals surface area (Å²) in [6.45, 7) is 4.80. The van der Waals surface area contributed by atoms with Gasteiger partial charge in [-0.3, -0.25) is 9.69 Å². The van der Waals surface area contributed by atoms with Crippen molar-refractivity contribution in [2.24, 2.45) is 0 Å². The van der Waals surface area contributed by atoms with Crippen LogP contribution in [-0.2, 0) is 9.53 Å². The number of esters is 1. The van der Waals surface area contributed by atoms with Crippen molar-refractivity contribution in [1.82, 2.24) is 0 Å². The van der Waals surface area contributed by atoms with Crippen LogP contribution >= 0.6 is 24.0 Å². The van der Waals surface area contributed by atoms with Crippen molar-refractivity contribution >= 4 is 51.9 Å². The maximum atomic E-state index is 13.1. The summed E-state index contributed by atoms with van der Waals surface area (Å²) in [5, 5.41) is 0. The molecule has 1 aliphatic heterocycles. The van der Waals surface area contributed by atoms with Crippen LogP contribution < -0.4 is 14.4 Å². The number of ether oxygens (including phenoxy) is 3. The monoisotopic (exact) mass is 485 g/mol. The third-order valence-electron chi connectivity index (χ3n) is 4.90. The first-order valence-corrected chi connectivity index (χ1v) is 12.1. The normalized spacial score (nSPS) is 14.6. The molecule has 0 N–H and O–H groups in total. The molecule has 0 aliphatic carbocycles. The highest BCUT2D eigenvalue weighted by molar-refractivity contribution is 8.27. The number of carbonyl (C=O) groups is 2. The van der Waals surface area contributed by atoms with Gasteiger partial charge in [0.15, 0.2) is 15.8 Å². The van der Waals surface area contributed by atoms with E-state index in [-0.39, 0.29) is 12.5 Å². The maximum absolute atomic E-state index is 13.1. The van der Waals surface area contributed by atoms with Crippen LogP contribution in [0.25, 0.3) is 6.08 Å². The molecule has 0 bridgehead atoms. The molecule has 1 saturated heterocycles. The van der Waals surface area contributed by atoms with E-state index in [1.165, 1.54) is 16.7 Å². The summed E-state index contributed by atoms with van der Waals surface area (Å²) >= 11 is 6.67. The quantitative estimate of drug-likeness (QED) is 0.181. The lowest BCUT2D eigenvalue weighted by molar-refractivity contribution is -0.113. The highest BCUT2D eigenvalue weighted by atomic mass is 32.2. The number of benzene rings is 2. The largest absolute Gasteiger partial charge is 0.493 e. The second-order valence-electron chi connectivity index (χ2n) is 7.25. The van der Waals surface area contributed by atoms with E-state index in [1.807, 2.05) is 18.2 Å². The lowest BCUT2D eigenvalue weighted by Crippen LogP contribution is -2.27. The summed E-state index contributed by atoms with van der Waals surface area (Å²) in [6, 6.07) is 12.3. The predicted octanol–water partition coefficient (Wildman–Crippen LogP) is 5.85. The Kier molecular flexibility index (Phi) is 8.91. The number of thioether (sulfide) groups is 1. The number of carbonyl (C=O) groups excluding carboxylic acids is 2. The van der Waals surface area contributed by atoms with Crippen molar-refractivity contribution < 1.29 is 23.8 Å². The van der Waals surface area contributed by atoms with Gasteiger partial charge in [0.05, 0.1) is 36.5 Å². The van der Waals surface area contributed by atoms with Crippen molar-refractivity contribution in [3.05, 3.63) is 58.5 Å². The van der Waals surface area contributed by atoms with Gasteiger partial charge in [0.2, 0.25) is 0 Å². The Balaban J connectivity index is 1.79.